The predicted molar refractivity (Wildman–Crippen MR) is 135 cm³/mol. The molecule has 0 bridgehead atoms. The number of hydrazone groups is 1. The van der Waals surface area contributed by atoms with Crippen molar-refractivity contribution in [2.45, 2.75) is 26.2 Å². The molecule has 0 atom stereocenters. The molecule has 4 aromatic rings. The number of aromatic nitrogens is 2. The van der Waals surface area contributed by atoms with E-state index in [-0.39, 0.29) is 22.8 Å². The Balaban J connectivity index is 1.75. The van der Waals surface area contributed by atoms with Gasteiger partial charge in [0.15, 0.2) is 11.4 Å². The first-order valence-corrected chi connectivity index (χ1v) is 11.1. The zero-order chi connectivity index (χ0) is 24.3. The summed E-state index contributed by atoms with van der Waals surface area (Å²) >= 11 is 0. The molecular formula is C28H28N4O2. The number of aromatic hydroxyl groups is 1. The molecule has 0 aliphatic heterocycles. The molecule has 2 N–H and O–H groups in total. The van der Waals surface area contributed by atoms with Gasteiger partial charge in [-0.1, -0.05) is 93.6 Å². The van der Waals surface area contributed by atoms with Crippen molar-refractivity contribution in [2.24, 2.45) is 12.1 Å². The third-order valence-corrected chi connectivity index (χ3v) is 5.62. The van der Waals surface area contributed by atoms with Crippen molar-refractivity contribution in [3.05, 3.63) is 107 Å². The Labute approximate surface area is 199 Å². The predicted octanol–water partition coefficient (Wildman–Crippen LogP) is 5.27. The average molecular weight is 453 g/mol. The Morgan fingerprint density at radius 2 is 1.44 bits per heavy atom. The quantitative estimate of drug-likeness (QED) is 0.320. The van der Waals surface area contributed by atoms with Crippen LogP contribution in [0.5, 0.6) is 5.75 Å². The van der Waals surface area contributed by atoms with E-state index in [1.54, 1.807) is 36.0 Å². The molecule has 0 spiro atoms. The fourth-order valence-corrected chi connectivity index (χ4v) is 3.73. The lowest BCUT2D eigenvalue weighted by Crippen LogP contribution is -2.21. The molecule has 0 saturated heterocycles. The first-order chi connectivity index (χ1) is 16.3. The number of nitrogens with one attached hydrogen (secondary N) is 1. The monoisotopic (exact) mass is 452 g/mol. The van der Waals surface area contributed by atoms with Gasteiger partial charge in [-0.15, -0.1) is 0 Å². The molecule has 1 aromatic heterocycles. The number of carbonyl (C=O) groups is 1. The van der Waals surface area contributed by atoms with Crippen LogP contribution >= 0.6 is 0 Å². The Bertz CT molecular complexity index is 1320. The molecule has 3 aromatic carbocycles. The Hall–Kier alpha value is -4.19. The molecule has 0 aliphatic carbocycles. The van der Waals surface area contributed by atoms with Gasteiger partial charge >= 0.3 is 0 Å². The summed E-state index contributed by atoms with van der Waals surface area (Å²) in [5.74, 6) is -0.343. The fourth-order valence-electron chi connectivity index (χ4n) is 3.73. The van der Waals surface area contributed by atoms with Crippen molar-refractivity contribution in [3.8, 4) is 17.0 Å². The molecule has 172 valence electrons. The third kappa shape index (κ3) is 4.76. The fraction of sp³-hybridized carbons (Fsp3) is 0.179. The Morgan fingerprint density at radius 1 is 0.882 bits per heavy atom. The van der Waals surface area contributed by atoms with Crippen molar-refractivity contribution >= 4 is 11.6 Å². The number of nitrogens with zero attached hydrogens (tertiary/aromatic N) is 3. The van der Waals surface area contributed by atoms with E-state index in [4.69, 9.17) is 0 Å². The van der Waals surface area contributed by atoms with Crippen LogP contribution in [-0.2, 0) is 12.5 Å². The second kappa shape index (κ2) is 9.35. The highest BCUT2D eigenvalue weighted by Crippen LogP contribution is 2.34. The van der Waals surface area contributed by atoms with Crippen LogP contribution in [0.2, 0.25) is 0 Å². The van der Waals surface area contributed by atoms with Gasteiger partial charge in [-0.2, -0.15) is 10.2 Å². The van der Waals surface area contributed by atoms with Crippen molar-refractivity contribution in [1.82, 2.24) is 15.2 Å². The number of hydrogen-bond acceptors (Lipinski definition) is 4. The van der Waals surface area contributed by atoms with Crippen molar-refractivity contribution < 1.29 is 9.90 Å². The maximum atomic E-state index is 12.6. The first-order valence-electron chi connectivity index (χ1n) is 11.1. The standard InChI is InChI=1S/C28H28N4O2/c1-28(2,3)22-17-15-20(16-18-22)25-26(33)24(31-32(25)4)23(19-11-7-5-8-12-19)29-30-27(34)21-13-9-6-10-14-21/h5-18,33H,1-4H3,(H,30,34). The summed E-state index contributed by atoms with van der Waals surface area (Å²) in [6.07, 6.45) is 0. The maximum Gasteiger partial charge on any atom is 0.271 e. The first kappa shape index (κ1) is 23.0. The zero-order valence-corrected chi connectivity index (χ0v) is 19.8. The molecule has 1 amide bonds. The number of carbonyl (C=O) groups excluding carboxylic acids is 1. The van der Waals surface area contributed by atoms with Crippen LogP contribution in [0.4, 0.5) is 0 Å². The minimum Gasteiger partial charge on any atom is -0.504 e. The maximum absolute atomic E-state index is 12.6. The van der Waals surface area contributed by atoms with Gasteiger partial charge in [0.25, 0.3) is 5.91 Å². The highest BCUT2D eigenvalue weighted by molar-refractivity contribution is 6.14. The Kier molecular flexibility index (Phi) is 6.32. The van der Waals surface area contributed by atoms with Gasteiger partial charge in [-0.05, 0) is 23.1 Å². The van der Waals surface area contributed by atoms with Crippen LogP contribution < -0.4 is 5.43 Å². The van der Waals surface area contributed by atoms with Crippen molar-refractivity contribution in [3.63, 3.8) is 0 Å². The molecule has 0 fully saturated rings. The number of hydrogen-bond donors (Lipinski definition) is 2. The van der Waals surface area contributed by atoms with Crippen LogP contribution in [0.1, 0.15) is 48.0 Å². The summed E-state index contributed by atoms with van der Waals surface area (Å²) in [6, 6.07) is 26.3. The molecule has 6 heteroatoms. The lowest BCUT2D eigenvalue weighted by atomic mass is 9.86. The number of benzene rings is 3. The molecule has 6 nitrogen and oxygen atoms in total. The van der Waals surface area contributed by atoms with E-state index in [9.17, 15) is 9.90 Å². The third-order valence-electron chi connectivity index (χ3n) is 5.62. The summed E-state index contributed by atoms with van der Waals surface area (Å²) in [6.45, 7) is 6.48. The van der Waals surface area contributed by atoms with E-state index >= 15 is 0 Å². The summed E-state index contributed by atoms with van der Waals surface area (Å²) in [5, 5.41) is 20.2. The van der Waals surface area contributed by atoms with Gasteiger partial charge in [0.2, 0.25) is 0 Å². The number of aryl methyl sites for hydroxylation is 1. The van der Waals surface area contributed by atoms with Gasteiger partial charge in [0.1, 0.15) is 11.4 Å². The average Bonchev–Trinajstić information content (AvgIpc) is 3.13. The largest absolute Gasteiger partial charge is 0.504 e. The number of amides is 1. The molecule has 0 unspecified atom stereocenters. The van der Waals surface area contributed by atoms with Gasteiger partial charge in [0.05, 0.1) is 0 Å². The lowest BCUT2D eigenvalue weighted by molar-refractivity contribution is 0.0955. The lowest BCUT2D eigenvalue weighted by Gasteiger charge is -2.19. The van der Waals surface area contributed by atoms with Crippen LogP contribution in [0.25, 0.3) is 11.3 Å². The Morgan fingerprint density at radius 3 is 2.00 bits per heavy atom. The molecule has 34 heavy (non-hydrogen) atoms. The topological polar surface area (TPSA) is 79.5 Å². The van der Waals surface area contributed by atoms with E-state index in [0.29, 0.717) is 17.0 Å². The van der Waals surface area contributed by atoms with E-state index in [1.807, 2.05) is 48.5 Å². The van der Waals surface area contributed by atoms with Crippen molar-refractivity contribution in [1.29, 1.82) is 0 Å². The van der Waals surface area contributed by atoms with E-state index in [1.165, 1.54) is 5.56 Å². The summed E-state index contributed by atoms with van der Waals surface area (Å²) in [5.41, 5.74) is 7.12. The second-order valence-electron chi connectivity index (χ2n) is 9.13. The minimum atomic E-state index is -0.345. The highest BCUT2D eigenvalue weighted by Gasteiger charge is 2.23. The normalized spacial score (nSPS) is 11.9. The van der Waals surface area contributed by atoms with Crippen LogP contribution in [0.3, 0.4) is 0 Å². The van der Waals surface area contributed by atoms with E-state index in [0.717, 1.165) is 11.1 Å². The van der Waals surface area contributed by atoms with Crippen LogP contribution in [0.15, 0.2) is 90.0 Å². The van der Waals surface area contributed by atoms with Gasteiger partial charge in [-0.3, -0.25) is 9.48 Å². The van der Waals surface area contributed by atoms with Crippen molar-refractivity contribution in [2.75, 3.05) is 0 Å². The van der Waals surface area contributed by atoms with Gasteiger partial charge in [0, 0.05) is 23.7 Å². The summed E-state index contributed by atoms with van der Waals surface area (Å²) < 4.78 is 1.63. The molecule has 0 aliphatic rings. The van der Waals surface area contributed by atoms with Gasteiger partial charge < -0.3 is 5.11 Å². The second-order valence-corrected chi connectivity index (χ2v) is 9.13. The summed E-state index contributed by atoms with van der Waals surface area (Å²) in [4.78, 5) is 12.6. The smallest absolute Gasteiger partial charge is 0.271 e. The highest BCUT2D eigenvalue weighted by atomic mass is 16.3. The van der Waals surface area contributed by atoms with E-state index < -0.39 is 0 Å². The zero-order valence-electron chi connectivity index (χ0n) is 19.8. The summed E-state index contributed by atoms with van der Waals surface area (Å²) in [7, 11) is 1.78. The SMILES string of the molecule is Cn1nc(C(=NNC(=O)c2ccccc2)c2ccccc2)c(O)c1-c1ccc(C(C)(C)C)cc1. The van der Waals surface area contributed by atoms with E-state index in [2.05, 4.69) is 48.5 Å². The van der Waals surface area contributed by atoms with Crippen LogP contribution in [-0.4, -0.2) is 26.5 Å². The van der Waals surface area contributed by atoms with Gasteiger partial charge in [-0.25, -0.2) is 5.43 Å². The molecule has 1 heterocycles. The molecule has 0 radical (unpaired) electrons. The van der Waals surface area contributed by atoms with Crippen LogP contribution in [0, 0.1) is 0 Å². The molecule has 0 saturated carbocycles. The molecular weight excluding hydrogens is 424 g/mol. The molecule has 4 rings (SSSR count). The number of rotatable bonds is 5. The minimum absolute atomic E-state index is 0.00238.